The summed E-state index contributed by atoms with van der Waals surface area (Å²) in [7, 11) is 0. The number of hydrogen-bond donors (Lipinski definition) is 1. The fourth-order valence-corrected chi connectivity index (χ4v) is 2.48. The van der Waals surface area contributed by atoms with E-state index in [9.17, 15) is 4.79 Å². The van der Waals surface area contributed by atoms with E-state index < -0.39 is 0 Å². The molecule has 0 aliphatic carbocycles. The Morgan fingerprint density at radius 3 is 3.19 bits per heavy atom. The zero-order chi connectivity index (χ0) is 14.7. The third-order valence-corrected chi connectivity index (χ3v) is 3.72. The van der Waals surface area contributed by atoms with Crippen LogP contribution in [0, 0.1) is 0 Å². The average molecular weight is 303 g/mol. The molecule has 21 heavy (non-hydrogen) atoms. The van der Waals surface area contributed by atoms with Crippen molar-refractivity contribution in [2.75, 3.05) is 0 Å². The maximum atomic E-state index is 12.0. The molecule has 0 aliphatic rings. The van der Waals surface area contributed by atoms with E-state index in [1.807, 2.05) is 6.07 Å². The molecule has 1 amide bonds. The highest BCUT2D eigenvalue weighted by Gasteiger charge is 2.17. The summed E-state index contributed by atoms with van der Waals surface area (Å²) >= 11 is 1.29. The topological polar surface area (TPSA) is 85.3 Å². The lowest BCUT2D eigenvalue weighted by Gasteiger charge is -2.08. The van der Waals surface area contributed by atoms with Crippen LogP contribution in [0.2, 0.25) is 0 Å². The molecule has 0 aromatic carbocycles. The molecule has 1 N–H and O–H groups in total. The minimum atomic E-state index is -0.308. The van der Waals surface area contributed by atoms with Gasteiger partial charge in [0.2, 0.25) is 11.1 Å². The zero-order valence-electron chi connectivity index (χ0n) is 11.3. The predicted molar refractivity (Wildman–Crippen MR) is 76.7 cm³/mol. The molecule has 0 aliphatic heterocycles. The SMILES string of the molecule is C[C@H](Sc1nc2ncccn2n1)C(=O)NCc1ccco1. The fourth-order valence-electron chi connectivity index (χ4n) is 1.71. The van der Waals surface area contributed by atoms with E-state index in [0.29, 0.717) is 17.5 Å². The van der Waals surface area contributed by atoms with Crippen LogP contribution in [0.5, 0.6) is 0 Å². The molecule has 0 bridgehead atoms. The summed E-state index contributed by atoms with van der Waals surface area (Å²) in [6.45, 7) is 2.18. The largest absolute Gasteiger partial charge is 0.467 e. The molecule has 0 unspecified atom stereocenters. The lowest BCUT2D eigenvalue weighted by Crippen LogP contribution is -2.30. The van der Waals surface area contributed by atoms with Crippen molar-refractivity contribution in [3.63, 3.8) is 0 Å². The molecular weight excluding hydrogens is 290 g/mol. The Morgan fingerprint density at radius 2 is 2.43 bits per heavy atom. The number of nitrogens with zero attached hydrogens (tertiary/aromatic N) is 4. The molecule has 7 nitrogen and oxygen atoms in total. The Balaban J connectivity index is 1.59. The first kappa shape index (κ1) is 13.6. The van der Waals surface area contributed by atoms with Crippen molar-refractivity contribution in [1.82, 2.24) is 24.9 Å². The Bertz CT molecular complexity index is 707. The van der Waals surface area contributed by atoms with Crippen LogP contribution in [0.3, 0.4) is 0 Å². The van der Waals surface area contributed by atoms with E-state index >= 15 is 0 Å². The lowest BCUT2D eigenvalue weighted by atomic mass is 10.4. The first-order chi connectivity index (χ1) is 10.2. The number of fused-ring (bicyclic) bond motifs is 1. The molecule has 0 saturated heterocycles. The molecule has 1 atom stereocenters. The van der Waals surface area contributed by atoms with Gasteiger partial charge in [-0.05, 0) is 25.1 Å². The number of rotatable bonds is 5. The summed E-state index contributed by atoms with van der Waals surface area (Å²) in [5.41, 5.74) is 0. The van der Waals surface area contributed by atoms with Gasteiger partial charge < -0.3 is 9.73 Å². The normalized spacial score (nSPS) is 12.4. The van der Waals surface area contributed by atoms with Crippen molar-refractivity contribution in [3.05, 3.63) is 42.6 Å². The number of furan rings is 1. The number of nitrogens with one attached hydrogen (secondary N) is 1. The van der Waals surface area contributed by atoms with Gasteiger partial charge in [-0.2, -0.15) is 4.98 Å². The van der Waals surface area contributed by atoms with Gasteiger partial charge in [-0.1, -0.05) is 11.8 Å². The van der Waals surface area contributed by atoms with Gasteiger partial charge in [-0.15, -0.1) is 5.10 Å². The summed E-state index contributed by atoms with van der Waals surface area (Å²) < 4.78 is 6.74. The summed E-state index contributed by atoms with van der Waals surface area (Å²) in [5.74, 6) is 1.14. The number of carbonyl (C=O) groups excluding carboxylic acids is 1. The minimum absolute atomic E-state index is 0.0942. The summed E-state index contributed by atoms with van der Waals surface area (Å²) in [4.78, 5) is 20.3. The van der Waals surface area contributed by atoms with Crippen LogP contribution in [-0.2, 0) is 11.3 Å². The van der Waals surface area contributed by atoms with Crippen molar-refractivity contribution < 1.29 is 9.21 Å². The maximum absolute atomic E-state index is 12.0. The van der Waals surface area contributed by atoms with Crippen LogP contribution >= 0.6 is 11.8 Å². The summed E-state index contributed by atoms with van der Waals surface area (Å²) in [6, 6.07) is 5.37. The van der Waals surface area contributed by atoms with Gasteiger partial charge in [0.05, 0.1) is 18.1 Å². The van der Waals surface area contributed by atoms with Gasteiger partial charge in [0.1, 0.15) is 5.76 Å². The minimum Gasteiger partial charge on any atom is -0.467 e. The fraction of sp³-hybridized carbons (Fsp3) is 0.231. The Hall–Kier alpha value is -2.35. The highest BCUT2D eigenvalue weighted by atomic mass is 32.2. The Morgan fingerprint density at radius 1 is 1.52 bits per heavy atom. The second-order valence-electron chi connectivity index (χ2n) is 4.32. The number of aromatic nitrogens is 4. The Kier molecular flexibility index (Phi) is 3.87. The standard InChI is InChI=1S/C13H13N5O2S/c1-9(11(19)15-8-10-4-2-7-20-10)21-13-16-12-14-5-3-6-18(12)17-13/h2-7,9H,8H2,1H3,(H,15,19)/t9-/m0/s1. The Labute approximate surface area is 124 Å². The third-order valence-electron chi connectivity index (χ3n) is 2.77. The molecule has 3 aromatic heterocycles. The quantitative estimate of drug-likeness (QED) is 0.719. The van der Waals surface area contributed by atoms with Crippen LogP contribution in [0.4, 0.5) is 0 Å². The number of hydrogen-bond acceptors (Lipinski definition) is 6. The van der Waals surface area contributed by atoms with E-state index in [-0.39, 0.29) is 11.2 Å². The first-order valence-corrected chi connectivity index (χ1v) is 7.24. The predicted octanol–water partition coefficient (Wildman–Crippen LogP) is 1.51. The van der Waals surface area contributed by atoms with Crippen LogP contribution in [-0.4, -0.2) is 30.7 Å². The summed E-state index contributed by atoms with van der Waals surface area (Å²) in [5, 5.41) is 7.27. The smallest absolute Gasteiger partial charge is 0.253 e. The van der Waals surface area contributed by atoms with E-state index in [4.69, 9.17) is 4.42 Å². The monoisotopic (exact) mass is 303 g/mol. The highest BCUT2D eigenvalue weighted by Crippen LogP contribution is 2.19. The zero-order valence-corrected chi connectivity index (χ0v) is 12.1. The van der Waals surface area contributed by atoms with Crippen molar-refractivity contribution in [1.29, 1.82) is 0 Å². The average Bonchev–Trinajstić information content (AvgIpc) is 3.13. The van der Waals surface area contributed by atoms with Gasteiger partial charge >= 0.3 is 0 Å². The molecule has 3 heterocycles. The van der Waals surface area contributed by atoms with Gasteiger partial charge in [0, 0.05) is 12.4 Å². The first-order valence-electron chi connectivity index (χ1n) is 6.36. The molecule has 0 radical (unpaired) electrons. The molecule has 3 aromatic rings. The van der Waals surface area contributed by atoms with Crippen LogP contribution in [0.15, 0.2) is 46.4 Å². The van der Waals surface area contributed by atoms with Crippen molar-refractivity contribution >= 4 is 23.4 Å². The van der Waals surface area contributed by atoms with Crippen LogP contribution < -0.4 is 5.32 Å². The number of carbonyl (C=O) groups is 1. The van der Waals surface area contributed by atoms with E-state index in [1.54, 1.807) is 42.2 Å². The van der Waals surface area contributed by atoms with Crippen molar-refractivity contribution in [3.8, 4) is 0 Å². The van der Waals surface area contributed by atoms with Crippen molar-refractivity contribution in [2.24, 2.45) is 0 Å². The van der Waals surface area contributed by atoms with Gasteiger partial charge in [-0.3, -0.25) is 4.79 Å². The highest BCUT2D eigenvalue weighted by molar-refractivity contribution is 8.00. The maximum Gasteiger partial charge on any atom is 0.253 e. The molecule has 0 saturated carbocycles. The third kappa shape index (κ3) is 3.22. The lowest BCUT2D eigenvalue weighted by molar-refractivity contribution is -0.120. The molecule has 3 rings (SSSR count). The van der Waals surface area contributed by atoms with E-state index in [2.05, 4.69) is 20.4 Å². The van der Waals surface area contributed by atoms with Crippen LogP contribution in [0.25, 0.3) is 5.78 Å². The molecule has 0 fully saturated rings. The van der Waals surface area contributed by atoms with E-state index in [1.165, 1.54) is 11.8 Å². The second-order valence-corrected chi connectivity index (χ2v) is 5.62. The molecular formula is C13H13N5O2S. The van der Waals surface area contributed by atoms with Gasteiger partial charge in [-0.25, -0.2) is 9.50 Å². The molecule has 8 heteroatoms. The number of thioether (sulfide) groups is 1. The summed E-state index contributed by atoms with van der Waals surface area (Å²) in [6.07, 6.45) is 4.99. The van der Waals surface area contributed by atoms with Gasteiger partial charge in [0.15, 0.2) is 0 Å². The number of amides is 1. The second kappa shape index (κ2) is 5.96. The van der Waals surface area contributed by atoms with Crippen LogP contribution in [0.1, 0.15) is 12.7 Å². The van der Waals surface area contributed by atoms with E-state index in [0.717, 1.165) is 5.76 Å². The van der Waals surface area contributed by atoms with Gasteiger partial charge in [0.25, 0.3) is 5.78 Å². The van der Waals surface area contributed by atoms with Crippen molar-refractivity contribution in [2.45, 2.75) is 23.9 Å². The molecule has 108 valence electrons. The molecule has 0 spiro atoms.